The van der Waals surface area contributed by atoms with Gasteiger partial charge in [0.15, 0.2) is 5.96 Å². The van der Waals surface area contributed by atoms with Gasteiger partial charge in [0.2, 0.25) is 0 Å². The summed E-state index contributed by atoms with van der Waals surface area (Å²) in [5.74, 6) is 1.29. The van der Waals surface area contributed by atoms with Gasteiger partial charge in [-0.25, -0.2) is 4.99 Å². The van der Waals surface area contributed by atoms with Crippen molar-refractivity contribution in [2.45, 2.75) is 20.4 Å². The molecule has 0 aliphatic heterocycles. The molecule has 2 aromatic carbocycles. The van der Waals surface area contributed by atoms with Crippen molar-refractivity contribution < 1.29 is 4.74 Å². The smallest absolute Gasteiger partial charge is 0.193 e. The second-order valence-corrected chi connectivity index (χ2v) is 5.71. The van der Waals surface area contributed by atoms with Crippen LogP contribution in [0.1, 0.15) is 19.4 Å². The number of benzene rings is 2. The van der Waals surface area contributed by atoms with E-state index in [0.717, 1.165) is 36.6 Å². The van der Waals surface area contributed by atoms with Crippen LogP contribution in [-0.2, 0) is 6.54 Å². The third kappa shape index (κ3) is 6.85. The van der Waals surface area contributed by atoms with Crippen molar-refractivity contribution in [3.05, 3.63) is 60.2 Å². The summed E-state index contributed by atoms with van der Waals surface area (Å²) in [4.78, 5) is 6.70. The Kier molecular flexibility index (Phi) is 7.79. The maximum atomic E-state index is 5.91. The maximum absolute atomic E-state index is 5.91. The molecule has 0 aliphatic carbocycles. The molecule has 5 nitrogen and oxygen atoms in total. The molecule has 2 rings (SSSR count). The molecule has 0 spiro atoms. The first-order chi connectivity index (χ1) is 12.2. The Bertz CT molecular complexity index is 637. The summed E-state index contributed by atoms with van der Waals surface area (Å²) in [7, 11) is 0. The third-order valence-electron chi connectivity index (χ3n) is 3.97. The van der Waals surface area contributed by atoms with Crippen LogP contribution < -0.4 is 15.8 Å². The molecule has 134 valence electrons. The van der Waals surface area contributed by atoms with Crippen molar-refractivity contribution in [1.29, 1.82) is 0 Å². The minimum Gasteiger partial charge on any atom is -0.492 e. The molecule has 0 aromatic heterocycles. The fraction of sp³-hybridized carbons (Fsp3) is 0.350. The first-order valence-corrected chi connectivity index (χ1v) is 8.77. The van der Waals surface area contributed by atoms with Crippen molar-refractivity contribution in [1.82, 2.24) is 4.90 Å². The number of hydrogen-bond donors (Lipinski definition) is 2. The number of para-hydroxylation sites is 1. The largest absolute Gasteiger partial charge is 0.492 e. The molecule has 0 bridgehead atoms. The van der Waals surface area contributed by atoms with E-state index in [-0.39, 0.29) is 0 Å². The highest BCUT2D eigenvalue weighted by Crippen LogP contribution is 2.13. The second kappa shape index (κ2) is 10.4. The molecule has 0 saturated carbocycles. The predicted octanol–water partition coefficient (Wildman–Crippen LogP) is 3.33. The summed E-state index contributed by atoms with van der Waals surface area (Å²) in [5.41, 5.74) is 7.94. The minimum absolute atomic E-state index is 0.408. The van der Waals surface area contributed by atoms with E-state index < -0.39 is 0 Å². The lowest BCUT2D eigenvalue weighted by molar-refractivity contribution is 0.223. The zero-order valence-corrected chi connectivity index (χ0v) is 15.1. The lowest BCUT2D eigenvalue weighted by Crippen LogP contribution is -2.27. The first kappa shape index (κ1) is 18.8. The van der Waals surface area contributed by atoms with Crippen LogP contribution in [-0.4, -0.2) is 37.1 Å². The highest BCUT2D eigenvalue weighted by atomic mass is 16.5. The Labute approximate surface area is 150 Å². The van der Waals surface area contributed by atoms with Gasteiger partial charge in [0.25, 0.3) is 0 Å². The van der Waals surface area contributed by atoms with Gasteiger partial charge in [-0.2, -0.15) is 0 Å². The summed E-state index contributed by atoms with van der Waals surface area (Å²) in [6, 6.07) is 17.8. The van der Waals surface area contributed by atoms with Crippen LogP contribution in [0.15, 0.2) is 59.6 Å². The topological polar surface area (TPSA) is 62.9 Å². The van der Waals surface area contributed by atoms with E-state index in [4.69, 9.17) is 10.5 Å². The van der Waals surface area contributed by atoms with Gasteiger partial charge >= 0.3 is 0 Å². The number of hydrogen-bond acceptors (Lipinski definition) is 3. The van der Waals surface area contributed by atoms with Crippen LogP contribution in [0, 0.1) is 0 Å². The van der Waals surface area contributed by atoms with E-state index in [0.29, 0.717) is 19.1 Å². The Morgan fingerprint density at radius 3 is 2.36 bits per heavy atom. The van der Waals surface area contributed by atoms with E-state index in [1.807, 2.05) is 54.6 Å². The number of aliphatic imine (C=N–C) groups is 1. The summed E-state index contributed by atoms with van der Waals surface area (Å²) < 4.78 is 5.79. The van der Waals surface area contributed by atoms with Crippen LogP contribution in [0.25, 0.3) is 0 Å². The van der Waals surface area contributed by atoms with Crippen LogP contribution in [0.5, 0.6) is 5.75 Å². The van der Waals surface area contributed by atoms with Gasteiger partial charge in [-0.05, 0) is 42.9 Å². The zero-order valence-electron chi connectivity index (χ0n) is 15.1. The summed E-state index contributed by atoms with van der Waals surface area (Å²) in [6.45, 7) is 8.61. The highest BCUT2D eigenvalue weighted by Gasteiger charge is 2.00. The number of anilines is 1. The van der Waals surface area contributed by atoms with Crippen LogP contribution in [0.2, 0.25) is 0 Å². The molecule has 0 saturated heterocycles. The standard InChI is InChI=1S/C20H28N4O/c1-3-24(4-2)14-15-25-19-12-10-17(11-13-19)16-22-20(21)23-18-8-6-5-7-9-18/h5-13H,3-4,14-16H2,1-2H3,(H3,21,22,23). The van der Waals surface area contributed by atoms with Gasteiger partial charge in [-0.15, -0.1) is 0 Å². The SMILES string of the molecule is CCN(CC)CCOc1ccc(CN=C(N)Nc2ccccc2)cc1. The molecule has 3 N–H and O–H groups in total. The van der Waals surface area contributed by atoms with Crippen molar-refractivity contribution in [3.63, 3.8) is 0 Å². The molecule has 0 unspecified atom stereocenters. The van der Waals surface area contributed by atoms with Crippen LogP contribution >= 0.6 is 0 Å². The zero-order chi connectivity index (χ0) is 17.9. The molecule has 0 amide bonds. The van der Waals surface area contributed by atoms with Gasteiger partial charge in [0.1, 0.15) is 12.4 Å². The number of guanidine groups is 1. The number of nitrogens with two attached hydrogens (primary N) is 1. The maximum Gasteiger partial charge on any atom is 0.193 e. The fourth-order valence-electron chi connectivity index (χ4n) is 2.41. The predicted molar refractivity (Wildman–Crippen MR) is 105 cm³/mol. The molecule has 0 atom stereocenters. The monoisotopic (exact) mass is 340 g/mol. The van der Waals surface area contributed by atoms with Gasteiger partial charge in [0.05, 0.1) is 6.54 Å². The minimum atomic E-state index is 0.408. The Hall–Kier alpha value is -2.53. The number of nitrogens with zero attached hydrogens (tertiary/aromatic N) is 2. The average Bonchev–Trinajstić information content (AvgIpc) is 2.65. The van der Waals surface area contributed by atoms with Gasteiger partial charge in [0, 0.05) is 12.2 Å². The quantitative estimate of drug-likeness (QED) is 0.543. The van der Waals surface area contributed by atoms with E-state index in [9.17, 15) is 0 Å². The van der Waals surface area contributed by atoms with Gasteiger partial charge < -0.3 is 20.7 Å². The van der Waals surface area contributed by atoms with Crippen molar-refractivity contribution >= 4 is 11.6 Å². The van der Waals surface area contributed by atoms with E-state index >= 15 is 0 Å². The molecule has 2 aromatic rings. The molecular weight excluding hydrogens is 312 g/mol. The fourth-order valence-corrected chi connectivity index (χ4v) is 2.41. The van der Waals surface area contributed by atoms with Gasteiger partial charge in [-0.3, -0.25) is 0 Å². The second-order valence-electron chi connectivity index (χ2n) is 5.71. The molecule has 0 radical (unpaired) electrons. The molecule has 5 heteroatoms. The van der Waals surface area contributed by atoms with Crippen molar-refractivity contribution in [3.8, 4) is 5.75 Å². The molecular formula is C20H28N4O. The molecule has 0 heterocycles. The summed E-state index contributed by atoms with van der Waals surface area (Å²) in [6.07, 6.45) is 0. The molecule has 0 fully saturated rings. The van der Waals surface area contributed by atoms with Crippen molar-refractivity contribution in [2.75, 3.05) is 31.6 Å². The van der Waals surface area contributed by atoms with Crippen LogP contribution in [0.3, 0.4) is 0 Å². The summed E-state index contributed by atoms with van der Waals surface area (Å²) in [5, 5.41) is 3.07. The lowest BCUT2D eigenvalue weighted by atomic mass is 10.2. The number of likely N-dealkylation sites (N-methyl/N-ethyl adjacent to an activating group) is 1. The third-order valence-corrected chi connectivity index (χ3v) is 3.97. The Balaban J connectivity index is 1.78. The number of ether oxygens (including phenoxy) is 1. The van der Waals surface area contributed by atoms with E-state index in [1.54, 1.807) is 0 Å². The molecule has 25 heavy (non-hydrogen) atoms. The summed E-state index contributed by atoms with van der Waals surface area (Å²) >= 11 is 0. The van der Waals surface area contributed by atoms with E-state index in [2.05, 4.69) is 29.1 Å². The number of rotatable bonds is 9. The average molecular weight is 340 g/mol. The Morgan fingerprint density at radius 1 is 1.04 bits per heavy atom. The van der Waals surface area contributed by atoms with Crippen molar-refractivity contribution in [2.24, 2.45) is 10.7 Å². The first-order valence-electron chi connectivity index (χ1n) is 8.77. The van der Waals surface area contributed by atoms with Crippen LogP contribution in [0.4, 0.5) is 5.69 Å². The Morgan fingerprint density at radius 2 is 1.72 bits per heavy atom. The normalized spacial score (nSPS) is 11.6. The molecule has 0 aliphatic rings. The highest BCUT2D eigenvalue weighted by molar-refractivity contribution is 5.92. The number of nitrogens with one attached hydrogen (secondary N) is 1. The lowest BCUT2D eigenvalue weighted by Gasteiger charge is -2.18. The van der Waals surface area contributed by atoms with E-state index in [1.165, 1.54) is 0 Å². The van der Waals surface area contributed by atoms with Gasteiger partial charge in [-0.1, -0.05) is 44.2 Å².